The second kappa shape index (κ2) is 10.3. The molecule has 32 heavy (non-hydrogen) atoms. The maximum absolute atomic E-state index is 13.1. The van der Waals surface area contributed by atoms with Crippen molar-refractivity contribution in [3.05, 3.63) is 96.7 Å². The van der Waals surface area contributed by atoms with Crippen molar-refractivity contribution in [2.24, 2.45) is 0 Å². The van der Waals surface area contributed by atoms with Gasteiger partial charge in [0.25, 0.3) is 15.9 Å². The predicted octanol–water partition coefficient (Wildman–Crippen LogP) is 3.96. The fourth-order valence-corrected chi connectivity index (χ4v) is 4.68. The largest absolute Gasteiger partial charge is 0.368 e. The minimum Gasteiger partial charge on any atom is -0.368 e. The van der Waals surface area contributed by atoms with Crippen LogP contribution < -0.4 is 9.62 Å². The van der Waals surface area contributed by atoms with E-state index in [2.05, 4.69) is 34.9 Å². The molecule has 0 aliphatic carbocycles. The summed E-state index contributed by atoms with van der Waals surface area (Å²) in [5.74, 6) is -0.172. The van der Waals surface area contributed by atoms with Gasteiger partial charge in [0, 0.05) is 37.4 Å². The molecule has 1 amide bonds. The van der Waals surface area contributed by atoms with Crippen molar-refractivity contribution < 1.29 is 13.2 Å². The highest BCUT2D eigenvalue weighted by molar-refractivity contribution is 7.89. The van der Waals surface area contributed by atoms with E-state index in [0.717, 1.165) is 18.8 Å². The predicted molar refractivity (Wildman–Crippen MR) is 129 cm³/mol. The van der Waals surface area contributed by atoms with Crippen LogP contribution in [0.25, 0.3) is 0 Å². The van der Waals surface area contributed by atoms with Gasteiger partial charge in [-0.15, -0.1) is 0 Å². The number of hydrogen-bond acceptors (Lipinski definition) is 4. The van der Waals surface area contributed by atoms with Crippen molar-refractivity contribution >= 4 is 21.6 Å². The summed E-state index contributed by atoms with van der Waals surface area (Å²) in [6.45, 7) is 12.0. The van der Waals surface area contributed by atoms with Crippen LogP contribution in [0.2, 0.25) is 0 Å². The van der Waals surface area contributed by atoms with Crippen LogP contribution in [0.1, 0.15) is 23.7 Å². The fourth-order valence-electron chi connectivity index (χ4n) is 3.52. The second-order valence-corrected chi connectivity index (χ2v) is 9.20. The maximum Gasteiger partial charge on any atom is 0.261 e. The van der Waals surface area contributed by atoms with Crippen LogP contribution in [0, 0.1) is 0 Å². The highest BCUT2D eigenvalue weighted by Crippen LogP contribution is 2.19. The summed E-state index contributed by atoms with van der Waals surface area (Å²) in [4.78, 5) is 17.1. The smallest absolute Gasteiger partial charge is 0.261 e. The molecule has 168 valence electrons. The molecule has 0 unspecified atom stereocenters. The van der Waals surface area contributed by atoms with Crippen LogP contribution in [-0.2, 0) is 10.0 Å². The third kappa shape index (κ3) is 5.48. The second-order valence-electron chi connectivity index (χ2n) is 7.52. The molecule has 1 aliphatic heterocycles. The van der Waals surface area contributed by atoms with Crippen molar-refractivity contribution in [3.8, 4) is 0 Å². The number of anilines is 1. The first kappa shape index (κ1) is 23.3. The van der Waals surface area contributed by atoms with E-state index in [1.807, 2.05) is 25.1 Å². The Bertz CT molecular complexity index is 1120. The minimum atomic E-state index is -3.87. The molecule has 1 N–H and O–H groups in total. The average Bonchev–Trinajstić information content (AvgIpc) is 2.83. The van der Waals surface area contributed by atoms with Gasteiger partial charge in [0.1, 0.15) is 0 Å². The zero-order valence-corrected chi connectivity index (χ0v) is 19.1. The van der Waals surface area contributed by atoms with E-state index < -0.39 is 10.0 Å². The van der Waals surface area contributed by atoms with Crippen LogP contribution in [0.3, 0.4) is 0 Å². The summed E-state index contributed by atoms with van der Waals surface area (Å²) in [5, 5.41) is 0. The number of hydrogen-bond donors (Lipinski definition) is 1. The summed E-state index contributed by atoms with van der Waals surface area (Å²) >= 11 is 0. The van der Waals surface area contributed by atoms with Gasteiger partial charge in [-0.1, -0.05) is 50.4 Å². The van der Waals surface area contributed by atoms with E-state index in [9.17, 15) is 13.2 Å². The van der Waals surface area contributed by atoms with Gasteiger partial charge in [0.05, 0.1) is 10.6 Å². The lowest BCUT2D eigenvalue weighted by Gasteiger charge is -2.36. The Morgan fingerprint density at radius 1 is 1.06 bits per heavy atom. The zero-order valence-electron chi connectivity index (χ0n) is 18.3. The number of nitrogens with one attached hydrogen (secondary N) is 1. The molecule has 2 aromatic carbocycles. The molecule has 7 heteroatoms. The number of benzene rings is 2. The molecule has 6 nitrogen and oxygen atoms in total. The van der Waals surface area contributed by atoms with E-state index in [0.29, 0.717) is 36.3 Å². The first-order valence-electron chi connectivity index (χ1n) is 10.6. The van der Waals surface area contributed by atoms with Gasteiger partial charge < -0.3 is 9.80 Å². The van der Waals surface area contributed by atoms with Crippen LogP contribution in [0.4, 0.5) is 5.69 Å². The topological polar surface area (TPSA) is 69.7 Å². The fraction of sp³-hybridized carbons (Fsp3) is 0.240. The average molecular weight is 452 g/mol. The molecule has 2 aromatic rings. The molecule has 1 fully saturated rings. The number of sulfonamides is 1. The van der Waals surface area contributed by atoms with E-state index in [1.54, 1.807) is 23.1 Å². The van der Waals surface area contributed by atoms with Gasteiger partial charge in [-0.05, 0) is 48.4 Å². The highest BCUT2D eigenvalue weighted by atomic mass is 32.2. The van der Waals surface area contributed by atoms with Crippen LogP contribution in [0.15, 0.2) is 96.1 Å². The van der Waals surface area contributed by atoms with Gasteiger partial charge in [0.15, 0.2) is 0 Å². The summed E-state index contributed by atoms with van der Waals surface area (Å²) < 4.78 is 28.4. The molecule has 0 saturated carbocycles. The minimum absolute atomic E-state index is 0.0325. The number of para-hydroxylation sites is 1. The van der Waals surface area contributed by atoms with E-state index >= 15 is 0 Å². The van der Waals surface area contributed by atoms with Crippen LogP contribution in [0.5, 0.6) is 0 Å². The van der Waals surface area contributed by atoms with Gasteiger partial charge in [-0.2, -0.15) is 0 Å². The highest BCUT2D eigenvalue weighted by Gasteiger charge is 2.24. The molecule has 1 heterocycles. The third-order valence-electron chi connectivity index (χ3n) is 5.42. The van der Waals surface area contributed by atoms with Crippen molar-refractivity contribution in [2.45, 2.75) is 18.2 Å². The SMILES string of the molecule is C=C/C=C(/NS(=O)(=O)c1cccc(C(=O)N2CCN(c3ccccc3)CC2)c1)C(=C)CC. The normalized spacial score (nSPS) is 14.7. The van der Waals surface area contributed by atoms with Crippen LogP contribution in [-0.4, -0.2) is 45.4 Å². The standard InChI is InChI=1S/C25H29N3O3S/c1-4-10-24(20(3)5-2)26-32(30,31)23-14-9-11-21(19-23)25(29)28-17-15-27(16-18-28)22-12-7-6-8-13-22/h4,6-14,19,26H,1,3,5,15-18H2,2H3/b24-10+. The Morgan fingerprint density at radius 3 is 2.38 bits per heavy atom. The summed E-state index contributed by atoms with van der Waals surface area (Å²) in [6.07, 6.45) is 3.67. The summed E-state index contributed by atoms with van der Waals surface area (Å²) in [6, 6.07) is 16.2. The molecule has 1 aliphatic rings. The Kier molecular flexibility index (Phi) is 7.53. The van der Waals surface area contributed by atoms with Gasteiger partial charge in [-0.25, -0.2) is 8.42 Å². The summed E-state index contributed by atoms with van der Waals surface area (Å²) in [5.41, 5.74) is 2.52. The molecule has 1 saturated heterocycles. The zero-order chi connectivity index (χ0) is 23.1. The molecule has 0 radical (unpaired) electrons. The van der Waals surface area contributed by atoms with Crippen molar-refractivity contribution in [1.82, 2.24) is 9.62 Å². The number of carbonyl (C=O) groups excluding carboxylic acids is 1. The molecule has 0 bridgehead atoms. The number of nitrogens with zero attached hydrogens (tertiary/aromatic N) is 2. The lowest BCUT2D eigenvalue weighted by atomic mass is 10.1. The number of allylic oxidation sites excluding steroid dienone is 3. The molecule has 0 spiro atoms. The quantitative estimate of drug-likeness (QED) is 0.617. The molecular weight excluding hydrogens is 422 g/mol. The Hall–Kier alpha value is -3.32. The molecule has 0 aromatic heterocycles. The first-order valence-corrected chi connectivity index (χ1v) is 12.1. The van der Waals surface area contributed by atoms with E-state index in [4.69, 9.17) is 0 Å². The first-order chi connectivity index (χ1) is 15.4. The Morgan fingerprint density at radius 2 is 1.75 bits per heavy atom. The van der Waals surface area contributed by atoms with Gasteiger partial charge in [-0.3, -0.25) is 9.52 Å². The summed E-state index contributed by atoms with van der Waals surface area (Å²) in [7, 11) is -3.87. The number of carbonyl (C=O) groups is 1. The molecular formula is C25H29N3O3S. The number of amides is 1. The Labute approximate surface area is 190 Å². The van der Waals surface area contributed by atoms with E-state index in [1.165, 1.54) is 18.2 Å². The van der Waals surface area contributed by atoms with Crippen LogP contribution >= 0.6 is 0 Å². The maximum atomic E-state index is 13.1. The lowest BCUT2D eigenvalue weighted by Crippen LogP contribution is -2.48. The van der Waals surface area contributed by atoms with Crippen molar-refractivity contribution in [2.75, 3.05) is 31.1 Å². The van der Waals surface area contributed by atoms with Crippen molar-refractivity contribution in [3.63, 3.8) is 0 Å². The number of piperazine rings is 1. The molecule has 0 atom stereocenters. The lowest BCUT2D eigenvalue weighted by molar-refractivity contribution is 0.0746. The van der Waals surface area contributed by atoms with Crippen molar-refractivity contribution in [1.29, 1.82) is 0 Å². The van der Waals surface area contributed by atoms with Gasteiger partial charge >= 0.3 is 0 Å². The third-order valence-corrected chi connectivity index (χ3v) is 6.78. The molecule has 3 rings (SSSR count). The number of rotatable bonds is 8. The van der Waals surface area contributed by atoms with Gasteiger partial charge in [0.2, 0.25) is 0 Å². The Balaban J connectivity index is 1.73. The van der Waals surface area contributed by atoms with E-state index in [-0.39, 0.29) is 10.8 Å². The monoisotopic (exact) mass is 451 g/mol.